The van der Waals surface area contributed by atoms with E-state index in [0.29, 0.717) is 18.9 Å². The Hall–Kier alpha value is -4.29. The molecule has 1 amide bonds. The molecule has 0 aliphatic heterocycles. The monoisotopic (exact) mass is 634 g/mol. The molecule has 3 aromatic rings. The lowest BCUT2D eigenvalue weighted by atomic mass is 9.95. The number of carboxylic acid groups (broad SMARTS) is 1. The normalized spacial score (nSPS) is 13.7. The van der Waals surface area contributed by atoms with Gasteiger partial charge in [-0.3, -0.25) is 9.59 Å². The second-order valence-corrected chi connectivity index (χ2v) is 11.2. The Morgan fingerprint density at radius 1 is 0.848 bits per heavy atom. The predicted octanol–water partition coefficient (Wildman–Crippen LogP) is 2.25. The number of ether oxygens (including phenoxy) is 2. The number of rotatable bonds is 18. The van der Waals surface area contributed by atoms with Gasteiger partial charge in [0.05, 0.1) is 19.3 Å². The molecule has 0 unspecified atom stereocenters. The third-order valence-electron chi connectivity index (χ3n) is 7.94. The molecule has 3 rings (SSSR count). The molecule has 0 bridgehead atoms. The summed E-state index contributed by atoms with van der Waals surface area (Å²) in [5, 5.41) is 28.7. The van der Waals surface area contributed by atoms with Crippen molar-refractivity contribution in [1.29, 1.82) is 0 Å². The number of likely N-dealkylation sites (N-methyl/N-ethyl adjacent to an activating group) is 4. The molecule has 3 aromatic carbocycles. The van der Waals surface area contributed by atoms with Crippen LogP contribution in [0.15, 0.2) is 72.8 Å². The lowest BCUT2D eigenvalue weighted by Gasteiger charge is -2.30. The standard InChI is InChI=1S/C35H46N4O7/c1-36-21-28(40)20-29(37-2)33(41)39(4)31(35(44)45-5)17-24-12-9-13-25(16-24)26-14-15-32(46-22-23-10-7-6-8-11-23)27(18-26)19-30(38-3)34(42)43/h6-16,18,28-31,36-38,40H,17,19-22H2,1-5H3,(H,42,43)/t28-,29+,30+,31+/m1/s1. The highest BCUT2D eigenvalue weighted by Gasteiger charge is 2.32. The van der Waals surface area contributed by atoms with Gasteiger partial charge >= 0.3 is 11.9 Å². The van der Waals surface area contributed by atoms with E-state index in [9.17, 15) is 24.6 Å². The molecule has 4 atom stereocenters. The minimum atomic E-state index is -0.964. The maximum atomic E-state index is 13.4. The van der Waals surface area contributed by atoms with Gasteiger partial charge in [0, 0.05) is 26.4 Å². The second kappa shape index (κ2) is 18.0. The maximum absolute atomic E-state index is 13.4. The van der Waals surface area contributed by atoms with Gasteiger partial charge in [0.1, 0.15) is 24.4 Å². The summed E-state index contributed by atoms with van der Waals surface area (Å²) in [6.07, 6.45) is -0.166. The fraction of sp³-hybridized carbons (Fsp3) is 0.400. The molecule has 248 valence electrons. The molecule has 0 saturated heterocycles. The number of esters is 1. The average Bonchev–Trinajstić information content (AvgIpc) is 3.07. The fourth-order valence-corrected chi connectivity index (χ4v) is 5.28. The van der Waals surface area contributed by atoms with Crippen molar-refractivity contribution >= 4 is 17.8 Å². The number of hydrogen-bond acceptors (Lipinski definition) is 9. The van der Waals surface area contributed by atoms with E-state index in [2.05, 4.69) is 16.0 Å². The summed E-state index contributed by atoms with van der Waals surface area (Å²) < 4.78 is 11.2. The van der Waals surface area contributed by atoms with Crippen LogP contribution in [0.3, 0.4) is 0 Å². The second-order valence-electron chi connectivity index (χ2n) is 11.2. The summed E-state index contributed by atoms with van der Waals surface area (Å²) in [5.74, 6) is -1.26. The van der Waals surface area contributed by atoms with Crippen LogP contribution in [0.4, 0.5) is 0 Å². The Morgan fingerprint density at radius 2 is 1.52 bits per heavy atom. The highest BCUT2D eigenvalue weighted by Crippen LogP contribution is 2.30. The van der Waals surface area contributed by atoms with Crippen LogP contribution in [0.25, 0.3) is 11.1 Å². The van der Waals surface area contributed by atoms with Crippen LogP contribution in [0.1, 0.15) is 23.1 Å². The topological polar surface area (TPSA) is 149 Å². The molecule has 11 heteroatoms. The molecular formula is C35H46N4O7. The molecule has 0 aromatic heterocycles. The molecule has 0 aliphatic carbocycles. The van der Waals surface area contributed by atoms with Gasteiger partial charge in [0.2, 0.25) is 5.91 Å². The summed E-state index contributed by atoms with van der Waals surface area (Å²) in [6.45, 7) is 0.667. The van der Waals surface area contributed by atoms with Crippen molar-refractivity contribution in [2.45, 2.75) is 50.1 Å². The van der Waals surface area contributed by atoms with Crippen LogP contribution in [0.5, 0.6) is 5.75 Å². The van der Waals surface area contributed by atoms with Crippen LogP contribution in [0, 0.1) is 0 Å². The van der Waals surface area contributed by atoms with Crippen molar-refractivity contribution < 1.29 is 34.1 Å². The minimum Gasteiger partial charge on any atom is -0.489 e. The zero-order chi connectivity index (χ0) is 33.6. The Balaban J connectivity index is 1.89. The van der Waals surface area contributed by atoms with Gasteiger partial charge < -0.3 is 40.5 Å². The molecule has 5 N–H and O–H groups in total. The summed E-state index contributed by atoms with van der Waals surface area (Å²) in [6, 6.07) is 20.6. The number of aliphatic hydroxyl groups excluding tert-OH is 1. The van der Waals surface area contributed by atoms with Crippen molar-refractivity contribution in [2.24, 2.45) is 0 Å². The highest BCUT2D eigenvalue weighted by atomic mass is 16.5. The van der Waals surface area contributed by atoms with E-state index in [1.54, 1.807) is 28.2 Å². The van der Waals surface area contributed by atoms with Crippen molar-refractivity contribution in [2.75, 3.05) is 41.8 Å². The van der Waals surface area contributed by atoms with Gasteiger partial charge in [0.25, 0.3) is 0 Å². The average molecular weight is 635 g/mol. The molecule has 0 aliphatic rings. The minimum absolute atomic E-state index is 0.174. The first-order chi connectivity index (χ1) is 22.1. The number of methoxy groups -OCH3 is 1. The van der Waals surface area contributed by atoms with Crippen LogP contribution in [-0.2, 0) is 38.6 Å². The molecule has 11 nitrogen and oxygen atoms in total. The quantitative estimate of drug-likeness (QED) is 0.132. The number of aliphatic carboxylic acids is 1. The zero-order valence-electron chi connectivity index (χ0n) is 27.2. The SMILES string of the molecule is CNC[C@H](O)C[C@H](NC)C(=O)N(C)[C@@H](Cc1cccc(-c2ccc(OCc3ccccc3)c(C[C@H](NC)C(=O)O)c2)c1)C(=O)OC. The third kappa shape index (κ3) is 10.1. The van der Waals surface area contributed by atoms with Crippen LogP contribution in [0.2, 0.25) is 0 Å². The van der Waals surface area contributed by atoms with Crippen molar-refractivity contribution in [3.8, 4) is 16.9 Å². The van der Waals surface area contributed by atoms with Gasteiger partial charge in [0.15, 0.2) is 0 Å². The Labute approximate surface area is 270 Å². The van der Waals surface area contributed by atoms with E-state index in [1.807, 2.05) is 72.8 Å². The first-order valence-electron chi connectivity index (χ1n) is 15.2. The first kappa shape index (κ1) is 36.2. The van der Waals surface area contributed by atoms with Crippen molar-refractivity contribution in [1.82, 2.24) is 20.9 Å². The van der Waals surface area contributed by atoms with Crippen molar-refractivity contribution in [3.63, 3.8) is 0 Å². The summed E-state index contributed by atoms with van der Waals surface area (Å²) in [7, 11) is 7.82. The molecule has 0 spiro atoms. The maximum Gasteiger partial charge on any atom is 0.328 e. The summed E-state index contributed by atoms with van der Waals surface area (Å²) in [5.41, 5.74) is 4.22. The molecule has 0 fully saturated rings. The van der Waals surface area contributed by atoms with E-state index >= 15 is 0 Å². The first-order valence-corrected chi connectivity index (χ1v) is 15.2. The van der Waals surface area contributed by atoms with Crippen LogP contribution < -0.4 is 20.7 Å². The number of amides is 1. The van der Waals surface area contributed by atoms with Gasteiger partial charge in [-0.1, -0.05) is 60.7 Å². The Bertz CT molecular complexity index is 1440. The van der Waals surface area contributed by atoms with Gasteiger partial charge in [-0.2, -0.15) is 0 Å². The lowest BCUT2D eigenvalue weighted by molar-refractivity contribution is -0.152. The number of aliphatic hydroxyl groups is 1. The molecular weight excluding hydrogens is 588 g/mol. The Kier molecular flexibility index (Phi) is 14.2. The highest BCUT2D eigenvalue weighted by molar-refractivity contribution is 5.87. The largest absolute Gasteiger partial charge is 0.489 e. The molecule has 0 heterocycles. The van der Waals surface area contributed by atoms with Gasteiger partial charge in [-0.05, 0) is 67.5 Å². The third-order valence-corrected chi connectivity index (χ3v) is 7.94. The van der Waals surface area contributed by atoms with Crippen molar-refractivity contribution in [3.05, 3.63) is 89.5 Å². The fourth-order valence-electron chi connectivity index (χ4n) is 5.28. The number of nitrogens with one attached hydrogen (secondary N) is 3. The smallest absolute Gasteiger partial charge is 0.328 e. The predicted molar refractivity (Wildman–Crippen MR) is 177 cm³/mol. The Morgan fingerprint density at radius 3 is 2.15 bits per heavy atom. The van der Waals surface area contributed by atoms with E-state index in [0.717, 1.165) is 27.8 Å². The number of hydrogen-bond donors (Lipinski definition) is 5. The number of nitrogens with zero attached hydrogens (tertiary/aromatic N) is 1. The van der Waals surface area contributed by atoms with E-state index in [-0.39, 0.29) is 25.2 Å². The number of carbonyl (C=O) groups excluding carboxylic acids is 2. The molecule has 0 radical (unpaired) electrons. The number of benzene rings is 3. The molecule has 0 saturated carbocycles. The zero-order valence-corrected chi connectivity index (χ0v) is 27.2. The van der Waals surface area contributed by atoms with E-state index < -0.39 is 36.2 Å². The summed E-state index contributed by atoms with van der Waals surface area (Å²) >= 11 is 0. The van der Waals surface area contributed by atoms with E-state index in [4.69, 9.17) is 9.47 Å². The van der Waals surface area contributed by atoms with Crippen LogP contribution in [-0.4, -0.2) is 99.0 Å². The number of carboxylic acids is 1. The number of carbonyl (C=O) groups is 3. The van der Waals surface area contributed by atoms with Gasteiger partial charge in [-0.25, -0.2) is 4.79 Å². The lowest BCUT2D eigenvalue weighted by Crippen LogP contribution is -2.52. The molecule has 46 heavy (non-hydrogen) atoms. The van der Waals surface area contributed by atoms with E-state index in [1.165, 1.54) is 12.0 Å². The summed E-state index contributed by atoms with van der Waals surface area (Å²) in [4.78, 5) is 39.5. The van der Waals surface area contributed by atoms with Crippen LogP contribution >= 0.6 is 0 Å². The van der Waals surface area contributed by atoms with Gasteiger partial charge in [-0.15, -0.1) is 0 Å².